The van der Waals surface area contributed by atoms with Gasteiger partial charge in [-0.2, -0.15) is 5.26 Å². The number of nitrogens with two attached hydrogens (primary N) is 1. The molecule has 0 fully saturated rings. The zero-order chi connectivity index (χ0) is 12.5. The maximum absolute atomic E-state index is 12.7. The van der Waals surface area contributed by atoms with Crippen molar-refractivity contribution in [3.63, 3.8) is 0 Å². The summed E-state index contributed by atoms with van der Waals surface area (Å²) >= 11 is 1.51. The maximum atomic E-state index is 12.7. The number of primary sulfonamides is 1. The van der Waals surface area contributed by atoms with Crippen LogP contribution in [0.2, 0.25) is 0 Å². The van der Waals surface area contributed by atoms with Gasteiger partial charge in [-0.25, -0.2) is 27.3 Å². The van der Waals surface area contributed by atoms with Crippen molar-refractivity contribution in [3.05, 3.63) is 21.0 Å². The van der Waals surface area contributed by atoms with E-state index < -0.39 is 32.6 Å². The molecule has 0 atom stereocenters. The molecule has 0 saturated carbocycles. The quantitative estimate of drug-likeness (QED) is 0.801. The molecule has 9 heteroatoms. The smallest absolute Gasteiger partial charge is 0.244 e. The van der Waals surface area contributed by atoms with Gasteiger partial charge >= 0.3 is 0 Å². The minimum atomic E-state index is -4.32. The number of aromatic nitrogens is 1. The summed E-state index contributed by atoms with van der Waals surface area (Å²) in [7, 11) is -4.32. The van der Waals surface area contributed by atoms with Crippen molar-refractivity contribution in [2.45, 2.75) is 11.3 Å². The lowest BCUT2D eigenvalue weighted by Gasteiger charge is -2.09. The van der Waals surface area contributed by atoms with Crippen LogP contribution in [0.5, 0.6) is 0 Å². The van der Waals surface area contributed by atoms with Gasteiger partial charge in [-0.15, -0.1) is 0 Å². The van der Waals surface area contributed by atoms with Crippen LogP contribution in [-0.4, -0.2) is 13.4 Å². The second kappa shape index (κ2) is 4.56. The molecule has 1 rings (SSSR count). The van der Waals surface area contributed by atoms with Crippen LogP contribution in [0.15, 0.2) is 11.1 Å². The molecule has 0 spiro atoms. The second-order valence-electron chi connectivity index (χ2n) is 2.66. The molecule has 0 amide bonds. The van der Waals surface area contributed by atoms with Gasteiger partial charge < -0.3 is 0 Å². The molecule has 0 bridgehead atoms. The first-order chi connectivity index (χ1) is 7.29. The molecule has 1 heterocycles. The molecular weight excluding hydrogens is 355 g/mol. The highest BCUT2D eigenvalue weighted by molar-refractivity contribution is 14.1. The highest BCUT2D eigenvalue weighted by atomic mass is 127. The SMILES string of the molecule is N#Cc1ncc(I)c(S(N)(=O)=O)c1C(F)F. The number of hydrogen-bond acceptors (Lipinski definition) is 4. The summed E-state index contributed by atoms with van der Waals surface area (Å²) in [6.45, 7) is 0. The van der Waals surface area contributed by atoms with Crippen LogP contribution in [0.1, 0.15) is 17.7 Å². The van der Waals surface area contributed by atoms with Crippen LogP contribution in [0.25, 0.3) is 0 Å². The first-order valence-electron chi connectivity index (χ1n) is 3.68. The molecule has 0 aromatic carbocycles. The van der Waals surface area contributed by atoms with Gasteiger partial charge in [-0.05, 0) is 22.6 Å². The minimum absolute atomic E-state index is 0.0469. The van der Waals surface area contributed by atoms with Crippen LogP contribution in [0.4, 0.5) is 8.78 Å². The Morgan fingerprint density at radius 3 is 2.50 bits per heavy atom. The van der Waals surface area contributed by atoms with E-state index in [0.29, 0.717) is 0 Å². The number of nitriles is 1. The van der Waals surface area contributed by atoms with Crippen LogP contribution in [0.3, 0.4) is 0 Å². The lowest BCUT2D eigenvalue weighted by atomic mass is 10.2. The number of rotatable bonds is 2. The summed E-state index contributed by atoms with van der Waals surface area (Å²) in [6.07, 6.45) is -2.13. The van der Waals surface area contributed by atoms with E-state index in [1.807, 2.05) is 0 Å². The summed E-state index contributed by atoms with van der Waals surface area (Å²) < 4.78 is 47.6. The summed E-state index contributed by atoms with van der Waals surface area (Å²) in [6, 6.07) is 1.40. The van der Waals surface area contributed by atoms with E-state index in [1.165, 1.54) is 28.7 Å². The molecule has 86 valence electrons. The Balaban J connectivity index is 3.78. The lowest BCUT2D eigenvalue weighted by Crippen LogP contribution is -2.18. The van der Waals surface area contributed by atoms with Gasteiger partial charge in [0.05, 0.1) is 9.13 Å². The molecule has 1 aromatic rings. The van der Waals surface area contributed by atoms with Crippen LogP contribution >= 0.6 is 22.6 Å². The van der Waals surface area contributed by atoms with Crippen molar-refractivity contribution in [1.82, 2.24) is 4.98 Å². The molecule has 1 aromatic heterocycles. The number of alkyl halides is 2. The average molecular weight is 359 g/mol. The van der Waals surface area contributed by atoms with E-state index in [2.05, 4.69) is 4.98 Å². The third-order valence-corrected chi connectivity index (χ3v) is 3.83. The number of sulfonamides is 1. The zero-order valence-electron chi connectivity index (χ0n) is 7.49. The first kappa shape index (κ1) is 13.2. The monoisotopic (exact) mass is 359 g/mol. The lowest BCUT2D eigenvalue weighted by molar-refractivity contribution is 0.147. The molecule has 0 unspecified atom stereocenters. The highest BCUT2D eigenvalue weighted by Crippen LogP contribution is 2.30. The summed E-state index contributed by atoms with van der Waals surface area (Å²) in [4.78, 5) is 2.68. The van der Waals surface area contributed by atoms with Crippen molar-refractivity contribution in [2.24, 2.45) is 5.14 Å². The molecule has 0 saturated heterocycles. The third-order valence-electron chi connectivity index (χ3n) is 1.63. The van der Waals surface area contributed by atoms with Gasteiger partial charge in [0.2, 0.25) is 10.0 Å². The van der Waals surface area contributed by atoms with Gasteiger partial charge in [-0.3, -0.25) is 0 Å². The Morgan fingerprint density at radius 2 is 2.12 bits per heavy atom. The fourth-order valence-electron chi connectivity index (χ4n) is 1.07. The first-order valence-corrected chi connectivity index (χ1v) is 6.31. The van der Waals surface area contributed by atoms with Crippen molar-refractivity contribution in [2.75, 3.05) is 0 Å². The van der Waals surface area contributed by atoms with Gasteiger partial charge in [0.15, 0.2) is 5.69 Å². The van der Waals surface area contributed by atoms with Gasteiger partial charge in [-0.1, -0.05) is 0 Å². The van der Waals surface area contributed by atoms with Crippen molar-refractivity contribution < 1.29 is 17.2 Å². The molecule has 0 aliphatic rings. The molecule has 5 nitrogen and oxygen atoms in total. The predicted octanol–water partition coefficient (Wildman–Crippen LogP) is 1.14. The van der Waals surface area contributed by atoms with Crippen molar-refractivity contribution in [3.8, 4) is 6.07 Å². The topological polar surface area (TPSA) is 96.8 Å². The summed E-state index contributed by atoms with van der Waals surface area (Å²) in [5.74, 6) is 0. The van der Waals surface area contributed by atoms with Gasteiger partial charge in [0.25, 0.3) is 6.43 Å². The number of halogens is 3. The van der Waals surface area contributed by atoms with E-state index in [-0.39, 0.29) is 3.57 Å². The fraction of sp³-hybridized carbons (Fsp3) is 0.143. The second-order valence-corrected chi connectivity index (χ2v) is 5.32. The van der Waals surface area contributed by atoms with E-state index in [1.54, 1.807) is 0 Å². The largest absolute Gasteiger partial charge is 0.268 e. The Bertz CT molecular complexity index is 568. The predicted molar refractivity (Wildman–Crippen MR) is 58.0 cm³/mol. The van der Waals surface area contributed by atoms with Crippen molar-refractivity contribution in [1.29, 1.82) is 5.26 Å². The van der Waals surface area contributed by atoms with Crippen LogP contribution < -0.4 is 5.14 Å². The Hall–Kier alpha value is -0.860. The normalized spacial score (nSPS) is 11.5. The zero-order valence-corrected chi connectivity index (χ0v) is 10.5. The Labute approximate surface area is 103 Å². The van der Waals surface area contributed by atoms with Crippen LogP contribution in [0, 0.1) is 14.9 Å². The molecule has 0 aliphatic heterocycles. The Kier molecular flexibility index (Phi) is 3.76. The van der Waals surface area contributed by atoms with E-state index in [0.717, 1.165) is 6.20 Å². The third kappa shape index (κ3) is 2.45. The van der Waals surface area contributed by atoms with E-state index in [4.69, 9.17) is 10.4 Å². The molecular formula is C7H4F2IN3O2S. The minimum Gasteiger partial charge on any atom is -0.244 e. The number of hydrogen-bond donors (Lipinski definition) is 1. The summed E-state index contributed by atoms with van der Waals surface area (Å²) in [5.41, 5.74) is -1.59. The standard InChI is InChI=1S/C7H4F2IN3O2S/c8-7(9)5-4(1-11)13-2-3(10)6(5)16(12,14)15/h2,7H,(H2,12,14,15). The fourth-order valence-corrected chi connectivity index (χ4v) is 3.23. The van der Waals surface area contributed by atoms with Gasteiger partial charge in [0, 0.05) is 6.20 Å². The van der Waals surface area contributed by atoms with Crippen LogP contribution in [-0.2, 0) is 10.0 Å². The summed E-state index contributed by atoms with van der Waals surface area (Å²) in [5, 5.41) is 13.4. The van der Waals surface area contributed by atoms with Gasteiger partial charge in [0.1, 0.15) is 11.0 Å². The van der Waals surface area contributed by atoms with E-state index in [9.17, 15) is 17.2 Å². The van der Waals surface area contributed by atoms with Crippen molar-refractivity contribution >= 4 is 32.6 Å². The average Bonchev–Trinajstić information content (AvgIpc) is 2.15. The maximum Gasteiger partial charge on any atom is 0.268 e. The molecule has 16 heavy (non-hydrogen) atoms. The highest BCUT2D eigenvalue weighted by Gasteiger charge is 2.27. The Morgan fingerprint density at radius 1 is 1.56 bits per heavy atom. The molecule has 2 N–H and O–H groups in total. The molecule has 0 aliphatic carbocycles. The number of nitrogens with zero attached hydrogens (tertiary/aromatic N) is 2. The van der Waals surface area contributed by atoms with E-state index >= 15 is 0 Å². The molecule has 0 radical (unpaired) electrons. The number of pyridine rings is 1.